The standard InChI is InChI=1S/C19H14ClN3O4S/c1-9-7-13(10(2)27-9)16(24)14-15(11-3-5-12(20)6-4-11)23(18(26)17(14)25)19-22-21-8-28-19/h3-8,25-26H,1-2H3. The Morgan fingerprint density at radius 2 is 1.93 bits per heavy atom. The highest BCUT2D eigenvalue weighted by Gasteiger charge is 2.32. The van der Waals surface area contributed by atoms with Crippen LogP contribution in [0.1, 0.15) is 27.4 Å². The van der Waals surface area contributed by atoms with Crippen molar-refractivity contribution in [2.45, 2.75) is 13.8 Å². The molecule has 3 aromatic heterocycles. The van der Waals surface area contributed by atoms with Crippen molar-refractivity contribution < 1.29 is 19.4 Å². The number of benzene rings is 1. The lowest BCUT2D eigenvalue weighted by molar-refractivity contribution is 0.103. The van der Waals surface area contributed by atoms with Crippen LogP contribution in [0.5, 0.6) is 11.6 Å². The number of carbonyl (C=O) groups is 1. The molecule has 0 radical (unpaired) electrons. The number of hydrogen-bond donors (Lipinski definition) is 2. The molecule has 0 aliphatic carbocycles. The summed E-state index contributed by atoms with van der Waals surface area (Å²) in [6.45, 7) is 3.40. The second-order valence-electron chi connectivity index (χ2n) is 6.12. The van der Waals surface area contributed by atoms with Gasteiger partial charge in [-0.15, -0.1) is 10.2 Å². The Morgan fingerprint density at radius 3 is 2.50 bits per heavy atom. The van der Waals surface area contributed by atoms with Crippen molar-refractivity contribution in [3.63, 3.8) is 0 Å². The summed E-state index contributed by atoms with van der Waals surface area (Å²) in [4.78, 5) is 13.3. The Bertz CT molecular complexity index is 1180. The van der Waals surface area contributed by atoms with Gasteiger partial charge in [-0.2, -0.15) is 0 Å². The van der Waals surface area contributed by atoms with Crippen molar-refractivity contribution >= 4 is 28.7 Å². The van der Waals surface area contributed by atoms with Crippen LogP contribution in [0.4, 0.5) is 0 Å². The first-order valence-electron chi connectivity index (χ1n) is 8.19. The van der Waals surface area contributed by atoms with Gasteiger partial charge in [0.1, 0.15) is 17.0 Å². The Balaban J connectivity index is 2.03. The molecule has 28 heavy (non-hydrogen) atoms. The van der Waals surface area contributed by atoms with E-state index in [1.165, 1.54) is 10.1 Å². The number of aromatic nitrogens is 3. The smallest absolute Gasteiger partial charge is 0.242 e. The highest BCUT2D eigenvalue weighted by molar-refractivity contribution is 7.11. The van der Waals surface area contributed by atoms with E-state index in [-0.39, 0.29) is 11.3 Å². The first-order valence-corrected chi connectivity index (χ1v) is 9.45. The van der Waals surface area contributed by atoms with Gasteiger partial charge in [0.2, 0.25) is 16.8 Å². The minimum atomic E-state index is -0.539. The first kappa shape index (κ1) is 18.3. The van der Waals surface area contributed by atoms with Crippen molar-refractivity contribution in [2.24, 2.45) is 0 Å². The number of ketones is 1. The Labute approximate surface area is 168 Å². The van der Waals surface area contributed by atoms with E-state index < -0.39 is 17.4 Å². The molecule has 142 valence electrons. The summed E-state index contributed by atoms with van der Waals surface area (Å²) in [5.74, 6) is -0.519. The molecule has 0 aliphatic rings. The topological polar surface area (TPSA) is 101 Å². The summed E-state index contributed by atoms with van der Waals surface area (Å²) in [7, 11) is 0. The zero-order valence-corrected chi connectivity index (χ0v) is 16.4. The molecule has 1 aromatic carbocycles. The molecule has 0 fully saturated rings. The summed E-state index contributed by atoms with van der Waals surface area (Å²) in [6, 6.07) is 8.30. The lowest BCUT2D eigenvalue weighted by Crippen LogP contribution is -2.05. The van der Waals surface area contributed by atoms with E-state index in [0.29, 0.717) is 32.8 Å². The van der Waals surface area contributed by atoms with E-state index in [4.69, 9.17) is 16.0 Å². The van der Waals surface area contributed by atoms with Crippen LogP contribution in [0.25, 0.3) is 16.4 Å². The van der Waals surface area contributed by atoms with Gasteiger partial charge >= 0.3 is 0 Å². The van der Waals surface area contributed by atoms with Crippen molar-refractivity contribution in [3.05, 3.63) is 63.5 Å². The molecule has 0 atom stereocenters. The summed E-state index contributed by atoms with van der Waals surface area (Å²) >= 11 is 7.14. The van der Waals surface area contributed by atoms with Crippen molar-refractivity contribution in [1.29, 1.82) is 0 Å². The lowest BCUT2D eigenvalue weighted by atomic mass is 9.99. The molecule has 3 heterocycles. The quantitative estimate of drug-likeness (QED) is 0.476. The molecule has 0 aliphatic heterocycles. The normalized spacial score (nSPS) is 11.1. The van der Waals surface area contributed by atoms with Gasteiger partial charge in [-0.05, 0) is 37.6 Å². The zero-order valence-electron chi connectivity index (χ0n) is 14.8. The van der Waals surface area contributed by atoms with E-state index in [0.717, 1.165) is 11.3 Å². The van der Waals surface area contributed by atoms with Crippen LogP contribution in [-0.2, 0) is 0 Å². The molecule has 0 amide bonds. The lowest BCUT2D eigenvalue weighted by Gasteiger charge is -2.09. The first-order chi connectivity index (χ1) is 13.4. The Hall–Kier alpha value is -3.10. The number of nitrogens with zero attached hydrogens (tertiary/aromatic N) is 3. The third-order valence-corrected chi connectivity index (χ3v) is 5.22. The average molecular weight is 416 g/mol. The van der Waals surface area contributed by atoms with Crippen LogP contribution in [0, 0.1) is 13.8 Å². The SMILES string of the molecule is Cc1cc(C(=O)c2c(O)c(O)n(-c3nncs3)c2-c2ccc(Cl)cc2)c(C)o1. The molecular formula is C19H14ClN3O4S. The van der Waals surface area contributed by atoms with Crippen LogP contribution in [0.2, 0.25) is 5.02 Å². The fourth-order valence-electron chi connectivity index (χ4n) is 3.09. The molecular weight excluding hydrogens is 402 g/mol. The number of halogens is 1. The van der Waals surface area contributed by atoms with Crippen LogP contribution < -0.4 is 0 Å². The maximum atomic E-state index is 13.3. The van der Waals surface area contributed by atoms with Gasteiger partial charge in [-0.3, -0.25) is 9.36 Å². The minimum Gasteiger partial charge on any atom is -0.503 e. The summed E-state index contributed by atoms with van der Waals surface area (Å²) in [6.07, 6.45) is 0. The van der Waals surface area contributed by atoms with Gasteiger partial charge in [0.05, 0.1) is 16.8 Å². The predicted molar refractivity (Wildman–Crippen MR) is 105 cm³/mol. The van der Waals surface area contributed by atoms with Gasteiger partial charge in [0.15, 0.2) is 5.75 Å². The van der Waals surface area contributed by atoms with Crippen molar-refractivity contribution in [2.75, 3.05) is 0 Å². The Kier molecular flexibility index (Phi) is 4.44. The fourth-order valence-corrected chi connectivity index (χ4v) is 3.78. The molecule has 0 saturated heterocycles. The predicted octanol–water partition coefficient (Wildman–Crippen LogP) is 4.50. The van der Waals surface area contributed by atoms with Gasteiger partial charge in [-0.1, -0.05) is 35.1 Å². The van der Waals surface area contributed by atoms with Crippen LogP contribution in [0.3, 0.4) is 0 Å². The number of aryl methyl sites for hydroxylation is 2. The van der Waals surface area contributed by atoms with Gasteiger partial charge < -0.3 is 14.6 Å². The molecule has 0 spiro atoms. The average Bonchev–Trinajstić information content (AvgIpc) is 3.35. The maximum Gasteiger partial charge on any atom is 0.242 e. The largest absolute Gasteiger partial charge is 0.503 e. The van der Waals surface area contributed by atoms with Crippen molar-refractivity contribution in [3.8, 4) is 28.0 Å². The van der Waals surface area contributed by atoms with Crippen LogP contribution >= 0.6 is 22.9 Å². The third-order valence-electron chi connectivity index (χ3n) is 4.29. The number of carbonyl (C=O) groups excluding carboxylic acids is 1. The maximum absolute atomic E-state index is 13.3. The van der Waals surface area contributed by atoms with Gasteiger partial charge in [0.25, 0.3) is 0 Å². The Morgan fingerprint density at radius 1 is 1.21 bits per heavy atom. The molecule has 0 bridgehead atoms. The zero-order chi connectivity index (χ0) is 20.0. The fraction of sp³-hybridized carbons (Fsp3) is 0.105. The van der Waals surface area contributed by atoms with Crippen molar-refractivity contribution in [1.82, 2.24) is 14.8 Å². The van der Waals surface area contributed by atoms with E-state index in [2.05, 4.69) is 10.2 Å². The van der Waals surface area contributed by atoms with E-state index in [1.54, 1.807) is 44.2 Å². The molecule has 9 heteroatoms. The molecule has 2 N–H and O–H groups in total. The molecule has 0 saturated carbocycles. The van der Waals surface area contributed by atoms with Crippen LogP contribution in [-0.4, -0.2) is 30.8 Å². The van der Waals surface area contributed by atoms with E-state index >= 15 is 0 Å². The molecule has 4 aromatic rings. The number of hydrogen-bond acceptors (Lipinski definition) is 7. The minimum absolute atomic E-state index is 0.0566. The highest BCUT2D eigenvalue weighted by atomic mass is 35.5. The molecule has 0 unspecified atom stereocenters. The third kappa shape index (κ3) is 2.87. The number of rotatable bonds is 4. The number of aromatic hydroxyl groups is 2. The molecule has 7 nitrogen and oxygen atoms in total. The monoisotopic (exact) mass is 415 g/mol. The summed E-state index contributed by atoms with van der Waals surface area (Å²) in [5.41, 5.74) is 2.59. The van der Waals surface area contributed by atoms with E-state index in [1.807, 2.05) is 0 Å². The second-order valence-corrected chi connectivity index (χ2v) is 7.36. The van der Waals surface area contributed by atoms with Crippen LogP contribution in [0.15, 0.2) is 40.3 Å². The second kappa shape index (κ2) is 6.81. The van der Waals surface area contributed by atoms with E-state index in [9.17, 15) is 15.0 Å². The number of furan rings is 1. The van der Waals surface area contributed by atoms with Gasteiger partial charge in [-0.25, -0.2) is 0 Å². The summed E-state index contributed by atoms with van der Waals surface area (Å²) < 4.78 is 6.76. The summed E-state index contributed by atoms with van der Waals surface area (Å²) in [5, 5.41) is 29.8. The molecule has 4 rings (SSSR count). The highest BCUT2D eigenvalue weighted by Crippen LogP contribution is 2.44. The van der Waals surface area contributed by atoms with Gasteiger partial charge in [0, 0.05) is 5.02 Å².